The van der Waals surface area contributed by atoms with Crippen molar-refractivity contribution in [3.8, 4) is 5.75 Å². The van der Waals surface area contributed by atoms with E-state index >= 15 is 0 Å². The Hall–Kier alpha value is -2.84. The van der Waals surface area contributed by atoms with E-state index in [9.17, 15) is 5.11 Å². The van der Waals surface area contributed by atoms with E-state index in [1.807, 2.05) is 48.5 Å². The lowest BCUT2D eigenvalue weighted by molar-refractivity contribution is 0.149. The quantitative estimate of drug-likeness (QED) is 0.445. The Labute approximate surface area is 155 Å². The molecule has 0 aliphatic rings. The molecule has 0 heterocycles. The highest BCUT2D eigenvalue weighted by atomic mass is 16.5. The standard InChI is InChI=1S/C24H24O2/c1-2-13-26-18-21-16-22(14-19-9-5-3-6-10-19)24(25)23(17-21)15-20-11-7-4-8-12-20/h2-12,16-17,25H,1,13-15,18H2. The molecule has 0 saturated carbocycles. The van der Waals surface area contributed by atoms with E-state index in [-0.39, 0.29) is 0 Å². The number of hydrogen-bond donors (Lipinski definition) is 1. The molecule has 132 valence electrons. The summed E-state index contributed by atoms with van der Waals surface area (Å²) in [4.78, 5) is 0. The Morgan fingerprint density at radius 2 is 1.27 bits per heavy atom. The highest BCUT2D eigenvalue weighted by Crippen LogP contribution is 2.29. The molecule has 0 spiro atoms. The minimum absolute atomic E-state index is 0.380. The first kappa shape index (κ1) is 18.0. The van der Waals surface area contributed by atoms with E-state index in [2.05, 4.69) is 30.8 Å². The third kappa shape index (κ3) is 4.84. The van der Waals surface area contributed by atoms with Crippen molar-refractivity contribution in [1.82, 2.24) is 0 Å². The fraction of sp³-hybridized carbons (Fsp3) is 0.167. The molecule has 0 atom stereocenters. The first-order chi connectivity index (χ1) is 12.8. The molecular formula is C24H24O2. The largest absolute Gasteiger partial charge is 0.507 e. The maximum Gasteiger partial charge on any atom is 0.122 e. The monoisotopic (exact) mass is 344 g/mol. The minimum Gasteiger partial charge on any atom is -0.507 e. The number of rotatable bonds is 8. The van der Waals surface area contributed by atoms with E-state index < -0.39 is 0 Å². The molecule has 2 heteroatoms. The van der Waals surface area contributed by atoms with Crippen LogP contribution in [0.1, 0.15) is 27.8 Å². The van der Waals surface area contributed by atoms with Crippen LogP contribution in [-0.2, 0) is 24.2 Å². The van der Waals surface area contributed by atoms with Gasteiger partial charge in [0.2, 0.25) is 0 Å². The van der Waals surface area contributed by atoms with E-state index in [1.54, 1.807) is 6.08 Å². The van der Waals surface area contributed by atoms with Crippen molar-refractivity contribution in [2.24, 2.45) is 0 Å². The van der Waals surface area contributed by atoms with Crippen LogP contribution in [0.3, 0.4) is 0 Å². The number of benzene rings is 3. The zero-order chi connectivity index (χ0) is 18.2. The lowest BCUT2D eigenvalue weighted by Crippen LogP contribution is -2.00. The predicted molar refractivity (Wildman–Crippen MR) is 106 cm³/mol. The third-order valence-corrected chi connectivity index (χ3v) is 4.31. The van der Waals surface area contributed by atoms with Crippen LogP contribution >= 0.6 is 0 Å². The molecule has 0 fully saturated rings. The van der Waals surface area contributed by atoms with Crippen molar-refractivity contribution in [3.63, 3.8) is 0 Å². The van der Waals surface area contributed by atoms with Crippen molar-refractivity contribution < 1.29 is 9.84 Å². The number of aromatic hydroxyl groups is 1. The zero-order valence-electron chi connectivity index (χ0n) is 14.9. The Kier molecular flexibility index (Phi) is 6.24. The fourth-order valence-corrected chi connectivity index (χ4v) is 3.08. The molecule has 2 nitrogen and oxygen atoms in total. The summed E-state index contributed by atoms with van der Waals surface area (Å²) >= 11 is 0. The summed E-state index contributed by atoms with van der Waals surface area (Å²) < 4.78 is 5.62. The van der Waals surface area contributed by atoms with Gasteiger partial charge >= 0.3 is 0 Å². The van der Waals surface area contributed by atoms with E-state index in [4.69, 9.17) is 4.74 Å². The lowest BCUT2D eigenvalue weighted by Gasteiger charge is -2.14. The normalized spacial score (nSPS) is 10.6. The fourth-order valence-electron chi connectivity index (χ4n) is 3.08. The molecule has 0 aliphatic carbocycles. The summed E-state index contributed by atoms with van der Waals surface area (Å²) in [7, 11) is 0. The maximum absolute atomic E-state index is 10.9. The van der Waals surface area contributed by atoms with Gasteiger partial charge in [0, 0.05) is 12.8 Å². The molecule has 0 amide bonds. The molecule has 0 unspecified atom stereocenters. The summed E-state index contributed by atoms with van der Waals surface area (Å²) in [6.45, 7) is 4.71. The molecule has 0 saturated heterocycles. The maximum atomic E-state index is 10.9. The molecule has 0 radical (unpaired) electrons. The van der Waals surface area contributed by atoms with Crippen LogP contribution in [0.4, 0.5) is 0 Å². The van der Waals surface area contributed by atoms with Crippen molar-refractivity contribution in [2.75, 3.05) is 6.61 Å². The second-order valence-corrected chi connectivity index (χ2v) is 6.39. The summed E-state index contributed by atoms with van der Waals surface area (Å²) in [5.74, 6) is 0.380. The van der Waals surface area contributed by atoms with Gasteiger partial charge in [0.1, 0.15) is 5.75 Å². The van der Waals surface area contributed by atoms with Crippen molar-refractivity contribution in [2.45, 2.75) is 19.4 Å². The van der Waals surface area contributed by atoms with Crippen LogP contribution in [0.25, 0.3) is 0 Å². The first-order valence-electron chi connectivity index (χ1n) is 8.86. The molecule has 0 aliphatic heterocycles. The first-order valence-corrected chi connectivity index (χ1v) is 8.86. The topological polar surface area (TPSA) is 29.5 Å². The van der Waals surface area contributed by atoms with E-state index in [0.29, 0.717) is 31.8 Å². The number of ether oxygens (including phenoxy) is 1. The average Bonchev–Trinajstić information content (AvgIpc) is 2.67. The van der Waals surface area contributed by atoms with Gasteiger partial charge in [-0.15, -0.1) is 6.58 Å². The average molecular weight is 344 g/mol. The molecule has 3 aromatic rings. The van der Waals surface area contributed by atoms with E-state index in [0.717, 1.165) is 16.7 Å². The zero-order valence-corrected chi connectivity index (χ0v) is 14.9. The SMILES string of the molecule is C=CCOCc1cc(Cc2ccccc2)c(O)c(Cc2ccccc2)c1. The van der Waals surface area contributed by atoms with Gasteiger partial charge in [0.25, 0.3) is 0 Å². The van der Waals surface area contributed by atoms with Crippen molar-refractivity contribution >= 4 is 0 Å². The lowest BCUT2D eigenvalue weighted by atomic mass is 9.95. The minimum atomic E-state index is 0.380. The van der Waals surface area contributed by atoms with E-state index in [1.165, 1.54) is 11.1 Å². The van der Waals surface area contributed by atoms with Gasteiger partial charge in [-0.05, 0) is 39.9 Å². The summed E-state index contributed by atoms with van der Waals surface area (Å²) in [6, 6.07) is 24.5. The van der Waals surface area contributed by atoms with Crippen LogP contribution in [0.5, 0.6) is 5.75 Å². The van der Waals surface area contributed by atoms with Crippen LogP contribution in [0, 0.1) is 0 Å². The summed E-state index contributed by atoms with van der Waals surface area (Å²) in [5, 5.41) is 10.9. The van der Waals surface area contributed by atoms with Crippen molar-refractivity contribution in [1.29, 1.82) is 0 Å². The number of phenolic OH excluding ortho intramolecular Hbond substituents is 1. The third-order valence-electron chi connectivity index (χ3n) is 4.31. The molecule has 3 rings (SSSR count). The van der Waals surface area contributed by atoms with Gasteiger partial charge < -0.3 is 9.84 Å². The van der Waals surface area contributed by atoms with Crippen LogP contribution in [0.2, 0.25) is 0 Å². The second-order valence-electron chi connectivity index (χ2n) is 6.39. The van der Waals surface area contributed by atoms with Gasteiger partial charge in [-0.3, -0.25) is 0 Å². The van der Waals surface area contributed by atoms with Gasteiger partial charge in [-0.25, -0.2) is 0 Å². The molecule has 0 aromatic heterocycles. The Morgan fingerprint density at radius 1 is 0.769 bits per heavy atom. The Morgan fingerprint density at radius 3 is 1.73 bits per heavy atom. The highest BCUT2D eigenvalue weighted by molar-refractivity contribution is 5.47. The van der Waals surface area contributed by atoms with Gasteiger partial charge in [-0.1, -0.05) is 66.7 Å². The predicted octanol–water partition coefficient (Wildman–Crippen LogP) is 5.28. The molecule has 1 N–H and O–H groups in total. The highest BCUT2D eigenvalue weighted by Gasteiger charge is 2.12. The van der Waals surface area contributed by atoms with Crippen LogP contribution < -0.4 is 0 Å². The van der Waals surface area contributed by atoms with Crippen LogP contribution in [0.15, 0.2) is 85.5 Å². The number of hydrogen-bond acceptors (Lipinski definition) is 2. The summed E-state index contributed by atoms with van der Waals surface area (Å²) in [5.41, 5.74) is 5.29. The Balaban J connectivity index is 1.91. The molecule has 26 heavy (non-hydrogen) atoms. The molecule has 0 bridgehead atoms. The van der Waals surface area contributed by atoms with Crippen molar-refractivity contribution in [3.05, 3.63) is 113 Å². The van der Waals surface area contributed by atoms with Gasteiger partial charge in [-0.2, -0.15) is 0 Å². The molecular weight excluding hydrogens is 320 g/mol. The second kappa shape index (κ2) is 9.02. The molecule has 3 aromatic carbocycles. The summed E-state index contributed by atoms with van der Waals surface area (Å²) in [6.07, 6.45) is 3.14. The van der Waals surface area contributed by atoms with Gasteiger partial charge in [0.15, 0.2) is 0 Å². The smallest absolute Gasteiger partial charge is 0.122 e. The van der Waals surface area contributed by atoms with Crippen LogP contribution in [-0.4, -0.2) is 11.7 Å². The Bertz CT molecular complexity index is 776. The van der Waals surface area contributed by atoms with Gasteiger partial charge in [0.05, 0.1) is 13.2 Å². The number of phenols is 1.